The van der Waals surface area contributed by atoms with Gasteiger partial charge < -0.3 is 0 Å². The van der Waals surface area contributed by atoms with Gasteiger partial charge in [0.1, 0.15) is 5.78 Å². The number of likely N-dealkylation sites (tertiary alicyclic amines) is 1. The van der Waals surface area contributed by atoms with Crippen LogP contribution in [0, 0.1) is 5.92 Å². The number of imide groups is 1. The fourth-order valence-electron chi connectivity index (χ4n) is 3.27. The molecule has 1 aliphatic carbocycles. The summed E-state index contributed by atoms with van der Waals surface area (Å²) in [6.45, 7) is 1.66. The van der Waals surface area contributed by atoms with Crippen LogP contribution < -0.4 is 5.32 Å². The summed E-state index contributed by atoms with van der Waals surface area (Å²) in [5.41, 5.74) is 1.02. The lowest BCUT2D eigenvalue weighted by Crippen LogP contribution is -2.43. The quantitative estimate of drug-likeness (QED) is 0.769. The van der Waals surface area contributed by atoms with E-state index in [0.29, 0.717) is 37.5 Å². The molecule has 0 saturated carbocycles. The Balaban J connectivity index is 1.60. The third-order valence-electron chi connectivity index (χ3n) is 4.57. The Bertz CT molecular complexity index is 526. The summed E-state index contributed by atoms with van der Waals surface area (Å²) in [5, 5.41) is 2.41. The molecule has 0 aromatic carbocycles. The standard InChI is InChI=1S/C16H20N2O3/c19-13-7-9-18(10-8-13)12-3-1-11(2-4-12)14-5-6-15(20)17-16(14)21/h1-3,12,14H,4-10H2,(H,17,20,21). The lowest BCUT2D eigenvalue weighted by molar-refractivity contribution is -0.135. The van der Waals surface area contributed by atoms with E-state index in [4.69, 9.17) is 0 Å². The van der Waals surface area contributed by atoms with Gasteiger partial charge in [-0.1, -0.05) is 18.2 Å². The highest BCUT2D eigenvalue weighted by molar-refractivity contribution is 6.00. The first kappa shape index (κ1) is 14.2. The molecule has 2 heterocycles. The zero-order chi connectivity index (χ0) is 14.8. The van der Waals surface area contributed by atoms with Gasteiger partial charge in [0.25, 0.3) is 0 Å². The molecule has 2 amide bonds. The van der Waals surface area contributed by atoms with Gasteiger partial charge >= 0.3 is 0 Å². The van der Waals surface area contributed by atoms with E-state index in [9.17, 15) is 14.4 Å². The molecule has 3 rings (SSSR count). The predicted octanol–water partition coefficient (Wildman–Crippen LogP) is 0.959. The largest absolute Gasteiger partial charge is 0.300 e. The Morgan fingerprint density at radius 2 is 1.86 bits per heavy atom. The minimum atomic E-state index is -0.192. The third-order valence-corrected chi connectivity index (χ3v) is 4.57. The van der Waals surface area contributed by atoms with E-state index in [2.05, 4.69) is 22.4 Å². The highest BCUT2D eigenvalue weighted by atomic mass is 16.2. The molecule has 0 aromatic heterocycles. The second-order valence-corrected chi connectivity index (χ2v) is 5.94. The zero-order valence-electron chi connectivity index (χ0n) is 12.0. The number of nitrogens with one attached hydrogen (secondary N) is 1. The van der Waals surface area contributed by atoms with Crippen molar-refractivity contribution in [1.29, 1.82) is 0 Å². The number of allylic oxidation sites excluding steroid dienone is 1. The minimum Gasteiger partial charge on any atom is -0.300 e. The zero-order valence-corrected chi connectivity index (χ0v) is 12.0. The van der Waals surface area contributed by atoms with Gasteiger partial charge in [0.15, 0.2) is 0 Å². The third kappa shape index (κ3) is 3.13. The molecule has 0 bridgehead atoms. The normalized spacial score (nSPS) is 31.0. The number of carbonyl (C=O) groups excluding carboxylic acids is 3. The average molecular weight is 288 g/mol. The summed E-state index contributed by atoms with van der Waals surface area (Å²) in [4.78, 5) is 36.7. The van der Waals surface area contributed by atoms with Gasteiger partial charge in [0, 0.05) is 38.4 Å². The molecule has 3 aliphatic rings. The van der Waals surface area contributed by atoms with Crippen LogP contribution in [-0.2, 0) is 14.4 Å². The Morgan fingerprint density at radius 3 is 2.48 bits per heavy atom. The molecular formula is C16H20N2O3. The van der Waals surface area contributed by atoms with Crippen molar-refractivity contribution in [3.8, 4) is 0 Å². The number of ketones is 1. The topological polar surface area (TPSA) is 66.5 Å². The number of piperidine rings is 2. The van der Waals surface area contributed by atoms with E-state index in [1.54, 1.807) is 0 Å². The van der Waals surface area contributed by atoms with Crippen LogP contribution >= 0.6 is 0 Å². The van der Waals surface area contributed by atoms with Crippen LogP contribution in [0.15, 0.2) is 23.8 Å². The molecule has 2 atom stereocenters. The van der Waals surface area contributed by atoms with Gasteiger partial charge in [0.2, 0.25) is 11.8 Å². The van der Waals surface area contributed by atoms with Crippen LogP contribution in [0.3, 0.4) is 0 Å². The first-order valence-corrected chi connectivity index (χ1v) is 7.61. The van der Waals surface area contributed by atoms with Crippen LogP contribution in [-0.4, -0.2) is 41.6 Å². The summed E-state index contributed by atoms with van der Waals surface area (Å²) >= 11 is 0. The molecular weight excluding hydrogens is 268 g/mol. The van der Waals surface area contributed by atoms with Crippen molar-refractivity contribution in [2.24, 2.45) is 5.92 Å². The Kier molecular flexibility index (Phi) is 4.01. The van der Waals surface area contributed by atoms with Crippen LogP contribution in [0.2, 0.25) is 0 Å². The van der Waals surface area contributed by atoms with E-state index in [1.165, 1.54) is 0 Å². The molecule has 0 aromatic rings. The van der Waals surface area contributed by atoms with Gasteiger partial charge in [0.05, 0.1) is 5.92 Å². The summed E-state index contributed by atoms with van der Waals surface area (Å²) < 4.78 is 0. The Morgan fingerprint density at radius 1 is 1.10 bits per heavy atom. The molecule has 2 saturated heterocycles. The maximum absolute atomic E-state index is 11.9. The van der Waals surface area contributed by atoms with Gasteiger partial charge in [-0.25, -0.2) is 0 Å². The summed E-state index contributed by atoms with van der Waals surface area (Å²) in [6, 6.07) is 0.329. The fraction of sp³-hybridized carbons (Fsp3) is 0.562. The average Bonchev–Trinajstić information content (AvgIpc) is 2.48. The van der Waals surface area contributed by atoms with Gasteiger partial charge in [-0.05, 0) is 18.4 Å². The molecule has 1 N–H and O–H groups in total. The highest BCUT2D eigenvalue weighted by Gasteiger charge is 2.30. The monoisotopic (exact) mass is 288 g/mol. The number of carbonyl (C=O) groups is 3. The van der Waals surface area contributed by atoms with E-state index in [1.807, 2.05) is 6.08 Å². The van der Waals surface area contributed by atoms with Crippen molar-refractivity contribution in [3.63, 3.8) is 0 Å². The van der Waals surface area contributed by atoms with Crippen molar-refractivity contribution in [2.75, 3.05) is 13.1 Å². The van der Waals surface area contributed by atoms with Crippen LogP contribution in [0.4, 0.5) is 0 Å². The SMILES string of the molecule is O=C1CCN(C2C=CC(C3CCC(=O)NC3=O)=CC2)CC1. The number of rotatable bonds is 2. The molecule has 5 nitrogen and oxygen atoms in total. The van der Waals surface area contributed by atoms with E-state index < -0.39 is 0 Å². The number of Topliss-reactive ketones (excluding diaryl/α,β-unsaturated/α-hetero) is 1. The lowest BCUT2D eigenvalue weighted by atomic mass is 9.86. The van der Waals surface area contributed by atoms with E-state index in [0.717, 1.165) is 25.1 Å². The van der Waals surface area contributed by atoms with Crippen molar-refractivity contribution < 1.29 is 14.4 Å². The second-order valence-electron chi connectivity index (χ2n) is 5.94. The van der Waals surface area contributed by atoms with Gasteiger partial charge in [-0.3, -0.25) is 24.6 Å². The number of nitrogens with zero attached hydrogens (tertiary/aromatic N) is 1. The summed E-state index contributed by atoms with van der Waals surface area (Å²) in [5.74, 6) is -0.190. The van der Waals surface area contributed by atoms with Gasteiger partial charge in [-0.15, -0.1) is 0 Å². The van der Waals surface area contributed by atoms with Gasteiger partial charge in [-0.2, -0.15) is 0 Å². The van der Waals surface area contributed by atoms with Crippen LogP contribution in [0.5, 0.6) is 0 Å². The lowest BCUT2D eigenvalue weighted by Gasteiger charge is -2.34. The van der Waals surface area contributed by atoms with E-state index >= 15 is 0 Å². The van der Waals surface area contributed by atoms with Crippen molar-refractivity contribution in [1.82, 2.24) is 10.2 Å². The summed E-state index contributed by atoms with van der Waals surface area (Å²) in [6.07, 6.45) is 9.45. The van der Waals surface area contributed by atoms with E-state index in [-0.39, 0.29) is 17.7 Å². The molecule has 0 radical (unpaired) electrons. The maximum atomic E-state index is 11.9. The smallest absolute Gasteiger partial charge is 0.234 e. The molecule has 2 unspecified atom stereocenters. The second kappa shape index (κ2) is 5.93. The van der Waals surface area contributed by atoms with Crippen molar-refractivity contribution >= 4 is 17.6 Å². The van der Waals surface area contributed by atoms with Crippen molar-refractivity contribution in [2.45, 2.75) is 38.1 Å². The summed E-state index contributed by atoms with van der Waals surface area (Å²) in [7, 11) is 0. The molecule has 5 heteroatoms. The molecule has 0 spiro atoms. The molecule has 21 heavy (non-hydrogen) atoms. The number of hydrogen-bond acceptors (Lipinski definition) is 4. The molecule has 2 fully saturated rings. The Hall–Kier alpha value is -1.75. The van der Waals surface area contributed by atoms with Crippen LogP contribution in [0.25, 0.3) is 0 Å². The fourth-order valence-corrected chi connectivity index (χ4v) is 3.27. The van der Waals surface area contributed by atoms with Crippen molar-refractivity contribution in [3.05, 3.63) is 23.8 Å². The number of hydrogen-bond donors (Lipinski definition) is 1. The maximum Gasteiger partial charge on any atom is 0.234 e. The predicted molar refractivity (Wildman–Crippen MR) is 77.3 cm³/mol. The first-order chi connectivity index (χ1) is 10.1. The van der Waals surface area contributed by atoms with Crippen LogP contribution in [0.1, 0.15) is 32.1 Å². The molecule has 112 valence electrons. The Labute approximate surface area is 124 Å². The first-order valence-electron chi connectivity index (χ1n) is 7.61. The highest BCUT2D eigenvalue weighted by Crippen LogP contribution is 2.27. The minimum absolute atomic E-state index is 0.174. The molecule has 2 aliphatic heterocycles. The number of amides is 2.